The number of rotatable bonds is 9. The van der Waals surface area contributed by atoms with Gasteiger partial charge in [-0.2, -0.15) is 0 Å². The van der Waals surface area contributed by atoms with Crippen LogP contribution in [0.3, 0.4) is 0 Å². The van der Waals surface area contributed by atoms with Gasteiger partial charge in [-0.3, -0.25) is 9.00 Å². The summed E-state index contributed by atoms with van der Waals surface area (Å²) in [5.41, 5.74) is 0. The second-order valence-corrected chi connectivity index (χ2v) is 6.69. The Balaban J connectivity index is 1.57. The van der Waals surface area contributed by atoms with E-state index in [0.717, 1.165) is 4.90 Å². The molecule has 0 unspecified atom stereocenters. The number of amides is 1. The lowest BCUT2D eigenvalue weighted by molar-refractivity contribution is -0.121. The van der Waals surface area contributed by atoms with E-state index in [1.54, 1.807) is 12.1 Å². The number of nitrogens with one attached hydrogen (secondary N) is 1. The fourth-order valence-electron chi connectivity index (χ4n) is 2.04. The van der Waals surface area contributed by atoms with Crippen LogP contribution in [0.2, 0.25) is 0 Å². The number of carbonyl (C=O) groups excluding carboxylic acids is 1. The van der Waals surface area contributed by atoms with Gasteiger partial charge < -0.3 is 10.1 Å². The van der Waals surface area contributed by atoms with E-state index in [1.165, 1.54) is 12.1 Å². The highest BCUT2D eigenvalue weighted by Crippen LogP contribution is 2.12. The van der Waals surface area contributed by atoms with Gasteiger partial charge in [-0.05, 0) is 30.7 Å². The molecule has 1 N–H and O–H groups in total. The third-order valence-corrected chi connectivity index (χ3v) is 4.60. The Bertz CT molecular complexity index is 679. The molecule has 0 aliphatic carbocycles. The van der Waals surface area contributed by atoms with Gasteiger partial charge in [-0.1, -0.05) is 24.3 Å². The summed E-state index contributed by atoms with van der Waals surface area (Å²) in [5.74, 6) is 0.378. The molecule has 0 heterocycles. The van der Waals surface area contributed by atoms with E-state index in [9.17, 15) is 13.4 Å². The summed E-state index contributed by atoms with van der Waals surface area (Å²) in [4.78, 5) is 12.5. The van der Waals surface area contributed by atoms with Crippen LogP contribution in [0.4, 0.5) is 4.39 Å². The molecule has 0 saturated heterocycles. The lowest BCUT2D eigenvalue weighted by Crippen LogP contribution is -2.27. The zero-order valence-electron chi connectivity index (χ0n) is 13.2. The molecule has 1 atom stereocenters. The van der Waals surface area contributed by atoms with Crippen molar-refractivity contribution in [3.05, 3.63) is 60.4 Å². The lowest BCUT2D eigenvalue weighted by Gasteiger charge is -2.07. The Kier molecular flexibility index (Phi) is 7.42. The van der Waals surface area contributed by atoms with E-state index in [0.29, 0.717) is 37.5 Å². The molecule has 4 nitrogen and oxygen atoms in total. The lowest BCUT2D eigenvalue weighted by atomic mass is 10.3. The van der Waals surface area contributed by atoms with Gasteiger partial charge in [-0.15, -0.1) is 0 Å². The van der Waals surface area contributed by atoms with Crippen molar-refractivity contribution >= 4 is 16.7 Å². The number of halogens is 1. The summed E-state index contributed by atoms with van der Waals surface area (Å²) in [6.45, 7) is 0.706. The van der Waals surface area contributed by atoms with Crippen molar-refractivity contribution in [1.82, 2.24) is 5.32 Å². The van der Waals surface area contributed by atoms with E-state index in [-0.39, 0.29) is 11.7 Å². The van der Waals surface area contributed by atoms with Gasteiger partial charge >= 0.3 is 0 Å². The van der Waals surface area contributed by atoms with Crippen LogP contribution in [-0.2, 0) is 15.6 Å². The fourth-order valence-corrected chi connectivity index (χ4v) is 3.03. The summed E-state index contributed by atoms with van der Waals surface area (Å²) in [6, 6.07) is 15.1. The maximum absolute atomic E-state index is 13.0. The van der Waals surface area contributed by atoms with Gasteiger partial charge in [0.1, 0.15) is 11.6 Å². The predicted molar refractivity (Wildman–Crippen MR) is 91.9 cm³/mol. The van der Waals surface area contributed by atoms with Crippen molar-refractivity contribution in [2.24, 2.45) is 0 Å². The SMILES string of the molecule is O=C(CCCOc1cccc(F)c1)NCC[S@@](=O)c1ccccc1. The van der Waals surface area contributed by atoms with Crippen LogP contribution in [0.5, 0.6) is 5.75 Å². The van der Waals surface area contributed by atoms with Gasteiger partial charge in [0.2, 0.25) is 5.91 Å². The molecule has 0 aliphatic heterocycles. The van der Waals surface area contributed by atoms with Crippen molar-refractivity contribution in [3.8, 4) is 5.75 Å². The molecule has 128 valence electrons. The Morgan fingerprint density at radius 1 is 1.12 bits per heavy atom. The summed E-state index contributed by atoms with van der Waals surface area (Å²) < 4.78 is 30.3. The summed E-state index contributed by atoms with van der Waals surface area (Å²) in [7, 11) is -1.11. The standard InChI is InChI=1S/C18H20FNO3S/c19-15-6-4-7-16(14-15)23-12-5-10-18(21)20-11-13-24(22)17-8-2-1-3-9-17/h1-4,6-9,14H,5,10-13H2,(H,20,21)/t24-/m1/s1. The largest absolute Gasteiger partial charge is 0.493 e. The van der Waals surface area contributed by atoms with Crippen LogP contribution in [0.25, 0.3) is 0 Å². The van der Waals surface area contributed by atoms with E-state index < -0.39 is 10.8 Å². The molecule has 0 bridgehead atoms. The van der Waals surface area contributed by atoms with Crippen molar-refractivity contribution in [3.63, 3.8) is 0 Å². The second-order valence-electron chi connectivity index (χ2n) is 5.12. The molecular weight excluding hydrogens is 329 g/mol. The van der Waals surface area contributed by atoms with Crippen molar-refractivity contribution in [2.45, 2.75) is 17.7 Å². The quantitative estimate of drug-likeness (QED) is 0.708. The van der Waals surface area contributed by atoms with Crippen LogP contribution in [-0.4, -0.2) is 29.0 Å². The molecule has 0 radical (unpaired) electrons. The van der Waals surface area contributed by atoms with Gasteiger partial charge in [0, 0.05) is 29.7 Å². The van der Waals surface area contributed by atoms with Gasteiger partial charge in [-0.25, -0.2) is 4.39 Å². The summed E-state index contributed by atoms with van der Waals surface area (Å²) >= 11 is 0. The van der Waals surface area contributed by atoms with Crippen LogP contribution in [0.1, 0.15) is 12.8 Å². The molecular formula is C18H20FNO3S. The minimum Gasteiger partial charge on any atom is -0.493 e. The Labute approximate surface area is 143 Å². The highest BCUT2D eigenvalue weighted by atomic mass is 32.2. The monoisotopic (exact) mass is 349 g/mol. The number of carbonyl (C=O) groups is 1. The van der Waals surface area contributed by atoms with Crippen LogP contribution in [0, 0.1) is 5.82 Å². The third kappa shape index (κ3) is 6.50. The zero-order valence-corrected chi connectivity index (χ0v) is 14.1. The highest BCUT2D eigenvalue weighted by Gasteiger charge is 2.05. The first-order valence-electron chi connectivity index (χ1n) is 7.73. The molecule has 0 spiro atoms. The van der Waals surface area contributed by atoms with E-state index in [1.807, 2.05) is 30.3 Å². The molecule has 2 aromatic rings. The van der Waals surface area contributed by atoms with Crippen molar-refractivity contribution in [2.75, 3.05) is 18.9 Å². The Hall–Kier alpha value is -2.21. The zero-order chi connectivity index (χ0) is 17.2. The first kappa shape index (κ1) is 18.1. The normalized spacial score (nSPS) is 11.7. The predicted octanol–water partition coefficient (Wildman–Crippen LogP) is 2.91. The number of hydrogen-bond donors (Lipinski definition) is 1. The molecule has 6 heteroatoms. The average molecular weight is 349 g/mol. The Morgan fingerprint density at radius 2 is 1.92 bits per heavy atom. The first-order valence-corrected chi connectivity index (χ1v) is 9.05. The molecule has 2 rings (SSSR count). The fraction of sp³-hybridized carbons (Fsp3) is 0.278. The number of hydrogen-bond acceptors (Lipinski definition) is 3. The van der Waals surface area contributed by atoms with Crippen LogP contribution < -0.4 is 10.1 Å². The molecule has 0 aliphatic rings. The molecule has 0 aromatic heterocycles. The summed E-state index contributed by atoms with van der Waals surface area (Å²) in [6.07, 6.45) is 0.845. The molecule has 0 saturated carbocycles. The number of benzene rings is 2. The summed E-state index contributed by atoms with van der Waals surface area (Å²) in [5, 5.41) is 2.74. The minimum absolute atomic E-state index is 0.108. The highest BCUT2D eigenvalue weighted by molar-refractivity contribution is 7.85. The molecule has 0 fully saturated rings. The second kappa shape index (κ2) is 9.82. The minimum atomic E-state index is -1.11. The van der Waals surface area contributed by atoms with Crippen molar-refractivity contribution < 1.29 is 18.1 Å². The van der Waals surface area contributed by atoms with Gasteiger partial charge in [0.05, 0.1) is 17.4 Å². The molecule has 24 heavy (non-hydrogen) atoms. The van der Waals surface area contributed by atoms with E-state index in [2.05, 4.69) is 5.32 Å². The van der Waals surface area contributed by atoms with Crippen molar-refractivity contribution in [1.29, 1.82) is 0 Å². The Morgan fingerprint density at radius 3 is 2.67 bits per heavy atom. The number of ether oxygens (including phenoxy) is 1. The maximum atomic E-state index is 13.0. The first-order chi connectivity index (χ1) is 11.6. The molecule has 2 aromatic carbocycles. The smallest absolute Gasteiger partial charge is 0.220 e. The van der Waals surface area contributed by atoms with E-state index in [4.69, 9.17) is 4.74 Å². The topological polar surface area (TPSA) is 55.4 Å². The van der Waals surface area contributed by atoms with Gasteiger partial charge in [0.25, 0.3) is 0 Å². The average Bonchev–Trinajstić information content (AvgIpc) is 2.59. The van der Waals surface area contributed by atoms with E-state index >= 15 is 0 Å². The maximum Gasteiger partial charge on any atom is 0.220 e. The third-order valence-electron chi connectivity index (χ3n) is 3.23. The van der Waals surface area contributed by atoms with Crippen LogP contribution >= 0.6 is 0 Å². The van der Waals surface area contributed by atoms with Crippen LogP contribution in [0.15, 0.2) is 59.5 Å². The molecule has 1 amide bonds. The van der Waals surface area contributed by atoms with Gasteiger partial charge in [0.15, 0.2) is 0 Å².